The molecule has 0 radical (unpaired) electrons. The number of ether oxygens (including phenoxy) is 5. The number of benzene rings is 4. The van der Waals surface area contributed by atoms with Crippen LogP contribution in [-0.2, 0) is 45.6 Å². The molecule has 0 atom stereocenters. The summed E-state index contributed by atoms with van der Waals surface area (Å²) >= 11 is 0. The zero-order valence-corrected chi connectivity index (χ0v) is 42.9. The summed E-state index contributed by atoms with van der Waals surface area (Å²) in [5.41, 5.74) is 3.04. The number of hydrogen-bond acceptors (Lipinski definition) is 12. The van der Waals surface area contributed by atoms with Crippen LogP contribution in [0.4, 0.5) is 9.59 Å². The van der Waals surface area contributed by atoms with E-state index in [0.29, 0.717) is 86.4 Å². The highest BCUT2D eigenvalue weighted by atomic mass is 32.2. The maximum absolute atomic E-state index is 16.2. The van der Waals surface area contributed by atoms with Crippen molar-refractivity contribution in [2.75, 3.05) is 34.4 Å². The Bertz CT molecular complexity index is 2600. The summed E-state index contributed by atoms with van der Waals surface area (Å²) < 4.78 is 61.6. The molecule has 376 valence electrons. The van der Waals surface area contributed by atoms with E-state index in [0.717, 1.165) is 22.3 Å². The van der Waals surface area contributed by atoms with Gasteiger partial charge < -0.3 is 33.9 Å². The summed E-state index contributed by atoms with van der Waals surface area (Å²) in [7, 11) is 0.391. The number of amides is 2. The minimum atomic E-state index is -4.41. The van der Waals surface area contributed by atoms with Crippen LogP contribution in [0.3, 0.4) is 0 Å². The number of tetrazole rings is 1. The van der Waals surface area contributed by atoms with Gasteiger partial charge in [-0.25, -0.2) is 18.0 Å². The summed E-state index contributed by atoms with van der Waals surface area (Å²) in [6, 6.07) is 26.3. The van der Waals surface area contributed by atoms with Gasteiger partial charge in [-0.3, -0.25) is 0 Å². The maximum atomic E-state index is 16.2. The van der Waals surface area contributed by atoms with Gasteiger partial charge in [-0.05, 0) is 168 Å². The van der Waals surface area contributed by atoms with Crippen LogP contribution in [0.15, 0.2) is 89.8 Å². The second kappa shape index (κ2) is 22.3. The number of aromatic nitrogens is 4. The van der Waals surface area contributed by atoms with E-state index in [4.69, 9.17) is 28.8 Å². The number of rotatable bonds is 16. The lowest BCUT2D eigenvalue weighted by molar-refractivity contribution is 0.0183. The first kappa shape index (κ1) is 51.6. The van der Waals surface area contributed by atoms with Crippen molar-refractivity contribution in [2.24, 2.45) is 5.92 Å². The highest BCUT2D eigenvalue weighted by Gasteiger charge is 2.38. The van der Waals surface area contributed by atoms with Gasteiger partial charge in [0.15, 0.2) is 0 Å². The van der Waals surface area contributed by atoms with Crippen LogP contribution in [0.2, 0.25) is 0 Å². The fourth-order valence-corrected chi connectivity index (χ4v) is 11.0. The van der Waals surface area contributed by atoms with Crippen LogP contribution in [0, 0.1) is 5.92 Å². The van der Waals surface area contributed by atoms with E-state index >= 15 is 8.42 Å². The average Bonchev–Trinajstić information content (AvgIpc) is 3.79. The molecule has 16 nitrogen and oxygen atoms in total. The summed E-state index contributed by atoms with van der Waals surface area (Å²) in [4.78, 5) is 29.3. The van der Waals surface area contributed by atoms with Crippen molar-refractivity contribution < 1.29 is 41.7 Å². The SMILES string of the molecule is COc1ccc(CN(Cc2ccc(OC)cc2)S(=O)(=O)c2c(CC3CCN(C(=O)OC(C)(C)C)CC3)ccc(C3CCC(NC(=O)OC(C)(C)C)CC3)c2-c2nnn(Cc3ccc(OC)cc3)n2)cc1. The molecule has 1 saturated heterocycles. The van der Waals surface area contributed by atoms with Gasteiger partial charge in [0, 0.05) is 37.8 Å². The minimum Gasteiger partial charge on any atom is -0.497 e. The highest BCUT2D eigenvalue weighted by Crippen LogP contribution is 2.44. The first-order valence-electron chi connectivity index (χ1n) is 24.1. The van der Waals surface area contributed by atoms with Gasteiger partial charge in [0.25, 0.3) is 0 Å². The molecule has 1 saturated carbocycles. The first-order chi connectivity index (χ1) is 33.3. The Kier molecular flexibility index (Phi) is 16.4. The molecule has 4 aromatic carbocycles. The third-order valence-corrected chi connectivity index (χ3v) is 14.6. The monoisotopic (exact) mass is 979 g/mol. The number of methoxy groups -OCH3 is 3. The second-order valence-electron chi connectivity index (χ2n) is 20.3. The van der Waals surface area contributed by atoms with Crippen molar-refractivity contribution in [3.63, 3.8) is 0 Å². The van der Waals surface area contributed by atoms with Crippen LogP contribution < -0.4 is 19.5 Å². The lowest BCUT2D eigenvalue weighted by Crippen LogP contribution is -2.42. The first-order valence-corrected chi connectivity index (χ1v) is 25.5. The molecule has 2 aliphatic rings. The predicted octanol–water partition coefficient (Wildman–Crippen LogP) is 9.55. The molecule has 2 amide bonds. The molecule has 0 spiro atoms. The number of hydrogen-bond donors (Lipinski definition) is 1. The largest absolute Gasteiger partial charge is 0.497 e. The van der Waals surface area contributed by atoms with Crippen molar-refractivity contribution in [1.82, 2.24) is 34.7 Å². The average molecular weight is 980 g/mol. The molecular weight excluding hydrogens is 911 g/mol. The molecular formula is C53H69N7O9S. The number of carbonyl (C=O) groups is 2. The molecule has 1 aromatic heterocycles. The van der Waals surface area contributed by atoms with Gasteiger partial charge in [0.1, 0.15) is 28.5 Å². The number of nitrogens with zero attached hydrogens (tertiary/aromatic N) is 6. The lowest BCUT2D eigenvalue weighted by Gasteiger charge is -2.34. The second-order valence-corrected chi connectivity index (χ2v) is 22.2. The van der Waals surface area contributed by atoms with Gasteiger partial charge in [-0.2, -0.15) is 9.10 Å². The Morgan fingerprint density at radius 1 is 0.686 bits per heavy atom. The number of piperidine rings is 1. The van der Waals surface area contributed by atoms with Gasteiger partial charge in [-0.1, -0.05) is 48.5 Å². The Morgan fingerprint density at radius 3 is 1.70 bits per heavy atom. The van der Waals surface area contributed by atoms with Crippen molar-refractivity contribution >= 4 is 22.2 Å². The normalized spacial score (nSPS) is 17.0. The van der Waals surface area contributed by atoms with Gasteiger partial charge >= 0.3 is 12.2 Å². The molecule has 1 aliphatic heterocycles. The quantitative estimate of drug-likeness (QED) is 0.0993. The van der Waals surface area contributed by atoms with E-state index in [-0.39, 0.29) is 54.3 Å². The zero-order valence-electron chi connectivity index (χ0n) is 42.1. The summed E-state index contributed by atoms with van der Waals surface area (Å²) in [6.45, 7) is 12.4. The van der Waals surface area contributed by atoms with Crippen molar-refractivity contribution in [3.05, 3.63) is 113 Å². The number of nitrogens with one attached hydrogen (secondary N) is 1. The Morgan fingerprint density at radius 2 is 1.20 bits per heavy atom. The van der Waals surface area contributed by atoms with Crippen LogP contribution >= 0.6 is 0 Å². The van der Waals surface area contributed by atoms with E-state index in [1.807, 2.05) is 126 Å². The molecule has 7 rings (SSSR count). The predicted molar refractivity (Wildman–Crippen MR) is 266 cm³/mol. The Balaban J connectivity index is 1.35. The van der Waals surface area contributed by atoms with Gasteiger partial charge in [0.05, 0.1) is 32.8 Å². The number of likely N-dealkylation sites (tertiary alicyclic amines) is 1. The summed E-state index contributed by atoms with van der Waals surface area (Å²) in [5, 5.41) is 17.2. The Labute approximate surface area is 413 Å². The standard InChI is InChI=1S/C53H69N7O9S/c1-52(2,3)68-50(61)54-42-19-16-40(17-20-42)46-27-18-41(32-36-28-30-58(31-29-36)51(62)69-53(4,5)6)48(47(46)49-55-57-60(56-49)35-39-14-25-45(67-9)26-15-39)70(63,64)59(33-37-10-21-43(65-7)22-11-37)34-38-12-23-44(66-8)24-13-38/h10-15,18,21-27,36,40,42H,16-17,19-20,28-35H2,1-9H3,(H,54,61). The smallest absolute Gasteiger partial charge is 0.410 e. The third-order valence-electron chi connectivity index (χ3n) is 12.7. The van der Waals surface area contributed by atoms with Crippen molar-refractivity contribution in [2.45, 2.75) is 134 Å². The van der Waals surface area contributed by atoms with Crippen LogP contribution in [0.1, 0.15) is 114 Å². The van der Waals surface area contributed by atoms with E-state index in [1.165, 1.54) is 9.10 Å². The molecule has 5 aromatic rings. The van der Waals surface area contributed by atoms with E-state index in [2.05, 4.69) is 15.6 Å². The minimum absolute atomic E-state index is 0.0504. The van der Waals surface area contributed by atoms with Gasteiger partial charge in [0.2, 0.25) is 15.8 Å². The third kappa shape index (κ3) is 13.6. The molecule has 1 aliphatic carbocycles. The molecule has 2 heterocycles. The molecule has 1 N–H and O–H groups in total. The number of alkyl carbamates (subject to hydrolysis) is 1. The van der Waals surface area contributed by atoms with Crippen molar-refractivity contribution in [3.8, 4) is 28.6 Å². The maximum Gasteiger partial charge on any atom is 0.410 e. The van der Waals surface area contributed by atoms with Crippen LogP contribution in [0.5, 0.6) is 17.2 Å². The number of carbonyl (C=O) groups excluding carboxylic acids is 2. The summed E-state index contributed by atoms with van der Waals surface area (Å²) in [5.74, 6) is 2.18. The lowest BCUT2D eigenvalue weighted by atomic mass is 9.79. The van der Waals surface area contributed by atoms with Gasteiger partial charge in [-0.15, -0.1) is 10.2 Å². The molecule has 2 fully saturated rings. The highest BCUT2D eigenvalue weighted by molar-refractivity contribution is 7.89. The number of sulfonamides is 1. The molecule has 0 unspecified atom stereocenters. The van der Waals surface area contributed by atoms with Crippen LogP contribution in [0.25, 0.3) is 11.4 Å². The Hall–Kier alpha value is -6.20. The molecule has 0 bridgehead atoms. The topological polar surface area (TPSA) is 177 Å². The fraction of sp³-hybridized carbons (Fsp3) is 0.491. The van der Waals surface area contributed by atoms with E-state index in [1.54, 1.807) is 26.2 Å². The molecule has 17 heteroatoms. The molecule has 70 heavy (non-hydrogen) atoms. The zero-order chi connectivity index (χ0) is 50.2. The summed E-state index contributed by atoms with van der Waals surface area (Å²) in [6.07, 6.45) is 3.56. The van der Waals surface area contributed by atoms with E-state index < -0.39 is 27.3 Å². The van der Waals surface area contributed by atoms with E-state index in [9.17, 15) is 9.59 Å². The van der Waals surface area contributed by atoms with Crippen molar-refractivity contribution in [1.29, 1.82) is 0 Å². The van der Waals surface area contributed by atoms with Crippen LogP contribution in [-0.4, -0.2) is 102 Å². The fourth-order valence-electron chi connectivity index (χ4n) is 9.18.